The van der Waals surface area contributed by atoms with E-state index in [9.17, 15) is 13.2 Å². The Labute approximate surface area is 137 Å². The van der Waals surface area contributed by atoms with Crippen molar-refractivity contribution in [3.05, 3.63) is 0 Å². The first-order valence-corrected chi connectivity index (χ1v) is 10.7. The summed E-state index contributed by atoms with van der Waals surface area (Å²) < 4.78 is 23.8. The Morgan fingerprint density at radius 1 is 1.45 bits per heavy atom. The molecular formula is C12H18N4O3S3. The molecule has 22 heavy (non-hydrogen) atoms. The highest BCUT2D eigenvalue weighted by Gasteiger charge is 2.39. The first-order valence-electron chi connectivity index (χ1n) is 7.08. The average molecular weight is 363 g/mol. The van der Waals surface area contributed by atoms with Crippen LogP contribution in [0.4, 0.5) is 5.13 Å². The van der Waals surface area contributed by atoms with Crippen LogP contribution in [-0.4, -0.2) is 53.4 Å². The number of carbonyl (C=O) groups excluding carboxylic acids is 1. The number of nitrogens with one attached hydrogen (secondary N) is 2. The molecule has 2 heterocycles. The Bertz CT molecular complexity index is 671. The van der Waals surface area contributed by atoms with Crippen LogP contribution in [0.2, 0.25) is 0 Å². The molecule has 1 saturated heterocycles. The van der Waals surface area contributed by atoms with Crippen LogP contribution >= 0.6 is 23.1 Å². The molecule has 7 nitrogen and oxygen atoms in total. The number of hydrogen-bond donors (Lipinski definition) is 2. The smallest absolute Gasteiger partial charge is 0.230 e. The van der Waals surface area contributed by atoms with Gasteiger partial charge in [-0.2, -0.15) is 0 Å². The normalized spacial score (nSPS) is 26.8. The molecule has 0 aromatic carbocycles. The number of thioether (sulfide) groups is 1. The molecule has 1 aliphatic heterocycles. The van der Waals surface area contributed by atoms with Gasteiger partial charge in [-0.25, -0.2) is 8.42 Å². The molecule has 1 amide bonds. The van der Waals surface area contributed by atoms with E-state index >= 15 is 0 Å². The molecule has 2 fully saturated rings. The van der Waals surface area contributed by atoms with E-state index in [0.29, 0.717) is 12.5 Å². The van der Waals surface area contributed by atoms with Crippen molar-refractivity contribution < 1.29 is 13.2 Å². The van der Waals surface area contributed by atoms with Crippen LogP contribution < -0.4 is 10.6 Å². The van der Waals surface area contributed by atoms with Crippen LogP contribution in [0.15, 0.2) is 4.34 Å². The molecule has 10 heteroatoms. The molecule has 1 aromatic heterocycles. The molecular weight excluding hydrogens is 344 g/mol. The van der Waals surface area contributed by atoms with Crippen molar-refractivity contribution in [2.45, 2.75) is 42.1 Å². The van der Waals surface area contributed by atoms with Gasteiger partial charge in [0.15, 0.2) is 14.2 Å². The van der Waals surface area contributed by atoms with Crippen molar-refractivity contribution in [2.75, 3.05) is 22.6 Å². The van der Waals surface area contributed by atoms with Gasteiger partial charge in [0, 0.05) is 6.04 Å². The number of anilines is 1. The summed E-state index contributed by atoms with van der Waals surface area (Å²) in [5.41, 5.74) is -0.643. The predicted molar refractivity (Wildman–Crippen MR) is 87.1 cm³/mol. The molecule has 1 aliphatic carbocycles. The second-order valence-corrected chi connectivity index (χ2v) is 10.4. The zero-order chi connectivity index (χ0) is 15.8. The summed E-state index contributed by atoms with van der Waals surface area (Å²) >= 11 is 2.76. The lowest BCUT2D eigenvalue weighted by Crippen LogP contribution is -2.47. The van der Waals surface area contributed by atoms with E-state index in [4.69, 9.17) is 0 Å². The topological polar surface area (TPSA) is 101 Å². The molecule has 0 bridgehead atoms. The second-order valence-electron chi connectivity index (χ2n) is 6.03. The third-order valence-corrected chi connectivity index (χ3v) is 7.47. The third kappa shape index (κ3) is 4.32. The van der Waals surface area contributed by atoms with Gasteiger partial charge in [0.25, 0.3) is 0 Å². The quantitative estimate of drug-likeness (QED) is 0.725. The Morgan fingerprint density at radius 2 is 2.23 bits per heavy atom. The average Bonchev–Trinajstić information content (AvgIpc) is 3.03. The number of hydrogen-bond acceptors (Lipinski definition) is 8. The van der Waals surface area contributed by atoms with E-state index in [-0.39, 0.29) is 23.2 Å². The Morgan fingerprint density at radius 3 is 2.86 bits per heavy atom. The van der Waals surface area contributed by atoms with Crippen LogP contribution in [0, 0.1) is 0 Å². The highest BCUT2D eigenvalue weighted by molar-refractivity contribution is 8.01. The van der Waals surface area contributed by atoms with Gasteiger partial charge in [0.2, 0.25) is 11.0 Å². The van der Waals surface area contributed by atoms with Gasteiger partial charge >= 0.3 is 0 Å². The zero-order valence-corrected chi connectivity index (χ0v) is 14.6. The molecule has 0 spiro atoms. The van der Waals surface area contributed by atoms with Gasteiger partial charge in [-0.15, -0.1) is 10.2 Å². The van der Waals surface area contributed by atoms with E-state index < -0.39 is 15.4 Å². The molecule has 1 aromatic rings. The molecule has 3 rings (SSSR count). The Balaban J connectivity index is 1.46. The van der Waals surface area contributed by atoms with Crippen LogP contribution in [0.3, 0.4) is 0 Å². The monoisotopic (exact) mass is 362 g/mol. The summed E-state index contributed by atoms with van der Waals surface area (Å²) in [6.45, 7) is 1.78. The van der Waals surface area contributed by atoms with E-state index in [1.165, 1.54) is 35.9 Å². The maximum atomic E-state index is 12.0. The summed E-state index contributed by atoms with van der Waals surface area (Å²) in [4.78, 5) is 12.0. The fourth-order valence-electron chi connectivity index (χ4n) is 2.34. The van der Waals surface area contributed by atoms with E-state index in [1.54, 1.807) is 6.92 Å². The Kier molecular flexibility index (Phi) is 4.34. The third-order valence-electron chi connectivity index (χ3n) is 3.58. The van der Waals surface area contributed by atoms with Crippen molar-refractivity contribution in [1.29, 1.82) is 0 Å². The van der Waals surface area contributed by atoms with E-state index in [2.05, 4.69) is 20.8 Å². The lowest BCUT2D eigenvalue weighted by molar-refractivity contribution is -0.120. The van der Waals surface area contributed by atoms with Crippen LogP contribution in [0.25, 0.3) is 0 Å². The van der Waals surface area contributed by atoms with Gasteiger partial charge in [-0.05, 0) is 26.2 Å². The highest BCUT2D eigenvalue weighted by atomic mass is 32.2. The molecule has 1 atom stereocenters. The number of amides is 1. The van der Waals surface area contributed by atoms with Crippen molar-refractivity contribution in [3.8, 4) is 0 Å². The van der Waals surface area contributed by atoms with Crippen molar-refractivity contribution in [1.82, 2.24) is 15.5 Å². The fraction of sp³-hybridized carbons (Fsp3) is 0.750. The zero-order valence-electron chi connectivity index (χ0n) is 12.2. The summed E-state index contributed by atoms with van der Waals surface area (Å²) in [5.74, 6) is 0.207. The summed E-state index contributed by atoms with van der Waals surface area (Å²) in [6.07, 6.45) is 2.82. The van der Waals surface area contributed by atoms with Gasteiger partial charge in [0.05, 0.1) is 22.8 Å². The Hall–Kier alpha value is -0.870. The molecule has 2 N–H and O–H groups in total. The molecule has 122 valence electrons. The SMILES string of the molecule is C[C@@]1(NC(=O)CSc2nnc(NC3CC3)s2)CCS(=O)(=O)C1. The summed E-state index contributed by atoms with van der Waals surface area (Å²) in [6, 6.07) is 0.526. The maximum Gasteiger partial charge on any atom is 0.230 e. The van der Waals surface area contributed by atoms with Gasteiger partial charge in [0.1, 0.15) is 0 Å². The summed E-state index contributed by atoms with van der Waals surface area (Å²) in [7, 11) is -3.02. The highest BCUT2D eigenvalue weighted by Crippen LogP contribution is 2.30. The largest absolute Gasteiger partial charge is 0.357 e. The minimum atomic E-state index is -3.02. The lowest BCUT2D eigenvalue weighted by Gasteiger charge is -2.23. The van der Waals surface area contributed by atoms with Crippen molar-refractivity contribution in [2.24, 2.45) is 0 Å². The first kappa shape index (κ1) is 16.0. The van der Waals surface area contributed by atoms with Crippen LogP contribution in [0.1, 0.15) is 26.2 Å². The second kappa shape index (κ2) is 5.97. The molecule has 0 unspecified atom stereocenters. The van der Waals surface area contributed by atoms with Crippen molar-refractivity contribution >= 4 is 44.0 Å². The standard InChI is InChI=1S/C12H18N4O3S3/c1-12(4-5-22(18,19)7-12)14-9(17)6-20-11-16-15-10(21-11)13-8-2-3-8/h8H,2-7H2,1H3,(H,13,15)(H,14,17)/t12-/m1/s1. The first-order chi connectivity index (χ1) is 10.3. The van der Waals surface area contributed by atoms with Crippen molar-refractivity contribution in [3.63, 3.8) is 0 Å². The molecule has 1 saturated carbocycles. The van der Waals surface area contributed by atoms with Gasteiger partial charge < -0.3 is 10.6 Å². The van der Waals surface area contributed by atoms with Gasteiger partial charge in [-0.3, -0.25) is 4.79 Å². The number of carbonyl (C=O) groups is 1. The summed E-state index contributed by atoms with van der Waals surface area (Å²) in [5, 5.41) is 15.0. The van der Waals surface area contributed by atoms with E-state index in [0.717, 1.165) is 9.47 Å². The van der Waals surface area contributed by atoms with Gasteiger partial charge in [-0.1, -0.05) is 23.1 Å². The molecule has 0 radical (unpaired) electrons. The number of sulfone groups is 1. The number of nitrogens with zero attached hydrogens (tertiary/aromatic N) is 2. The minimum Gasteiger partial charge on any atom is -0.357 e. The predicted octanol–water partition coefficient (Wildman–Crippen LogP) is 0.898. The maximum absolute atomic E-state index is 12.0. The fourth-order valence-corrected chi connectivity index (χ4v) is 6.06. The number of aromatic nitrogens is 2. The van der Waals surface area contributed by atoms with Crippen LogP contribution in [-0.2, 0) is 14.6 Å². The van der Waals surface area contributed by atoms with Crippen LogP contribution in [0.5, 0.6) is 0 Å². The van der Waals surface area contributed by atoms with E-state index in [1.807, 2.05) is 0 Å². The number of rotatable bonds is 6. The molecule has 2 aliphatic rings. The minimum absolute atomic E-state index is 0.0185. The lowest BCUT2D eigenvalue weighted by atomic mass is 10.0.